The van der Waals surface area contributed by atoms with E-state index in [1.165, 1.54) is 12.1 Å². The molecule has 1 N–H and O–H groups in total. The summed E-state index contributed by atoms with van der Waals surface area (Å²) in [6.45, 7) is 1.60. The summed E-state index contributed by atoms with van der Waals surface area (Å²) >= 11 is 0. The topological polar surface area (TPSA) is 55.1 Å². The molecule has 1 amide bonds. The molecule has 2 aromatic carbocycles. The lowest BCUT2D eigenvalue weighted by Gasteiger charge is -2.09. The molecular formula is C18H13F3N2O2. The van der Waals surface area contributed by atoms with E-state index in [1.54, 1.807) is 31.2 Å². The molecule has 0 radical (unpaired) electrons. The zero-order chi connectivity index (χ0) is 18.0. The fourth-order valence-electron chi connectivity index (χ4n) is 2.37. The minimum atomic E-state index is -4.42. The minimum Gasteiger partial charge on any atom is -0.360 e. The van der Waals surface area contributed by atoms with Crippen molar-refractivity contribution in [2.24, 2.45) is 0 Å². The average molecular weight is 346 g/mol. The van der Waals surface area contributed by atoms with Gasteiger partial charge in [-0.3, -0.25) is 4.79 Å². The summed E-state index contributed by atoms with van der Waals surface area (Å²) in [5.74, 6) is -0.180. The Labute approximate surface area is 141 Å². The highest BCUT2D eigenvalue weighted by Crippen LogP contribution is 2.30. The summed E-state index contributed by atoms with van der Waals surface area (Å²) in [6.07, 6.45) is -4.42. The van der Waals surface area contributed by atoms with Crippen LogP contribution in [0.5, 0.6) is 0 Å². The number of nitrogens with one attached hydrogen (secondary N) is 1. The SMILES string of the molecule is Cc1onc(-c2ccccc2)c1C(=O)Nc1ccc(C(F)(F)F)cc1. The molecule has 1 aromatic heterocycles. The van der Waals surface area contributed by atoms with Crippen molar-refractivity contribution in [1.29, 1.82) is 0 Å². The van der Waals surface area contributed by atoms with E-state index in [1.807, 2.05) is 6.07 Å². The highest BCUT2D eigenvalue weighted by Gasteiger charge is 2.30. The largest absolute Gasteiger partial charge is 0.416 e. The first kappa shape index (κ1) is 16.8. The third kappa shape index (κ3) is 3.55. The smallest absolute Gasteiger partial charge is 0.360 e. The van der Waals surface area contributed by atoms with Crippen molar-refractivity contribution < 1.29 is 22.5 Å². The number of carbonyl (C=O) groups is 1. The van der Waals surface area contributed by atoms with Crippen molar-refractivity contribution >= 4 is 11.6 Å². The quantitative estimate of drug-likeness (QED) is 0.732. The number of aryl methyl sites for hydroxylation is 1. The summed E-state index contributed by atoms with van der Waals surface area (Å²) in [5.41, 5.74) is 0.791. The fourth-order valence-corrected chi connectivity index (χ4v) is 2.37. The molecule has 1 heterocycles. The maximum Gasteiger partial charge on any atom is 0.416 e. The highest BCUT2D eigenvalue weighted by molar-refractivity contribution is 6.08. The van der Waals surface area contributed by atoms with Crippen LogP contribution in [0.4, 0.5) is 18.9 Å². The van der Waals surface area contributed by atoms with Crippen molar-refractivity contribution in [1.82, 2.24) is 5.16 Å². The molecule has 25 heavy (non-hydrogen) atoms. The summed E-state index contributed by atoms with van der Waals surface area (Å²) in [5, 5.41) is 6.48. The van der Waals surface area contributed by atoms with E-state index < -0.39 is 17.6 Å². The summed E-state index contributed by atoms with van der Waals surface area (Å²) < 4.78 is 42.9. The number of carbonyl (C=O) groups excluding carboxylic acids is 1. The number of halogens is 3. The Kier molecular flexibility index (Phi) is 4.31. The van der Waals surface area contributed by atoms with Gasteiger partial charge in [0.2, 0.25) is 0 Å². The van der Waals surface area contributed by atoms with Crippen molar-refractivity contribution in [3.05, 3.63) is 71.5 Å². The number of hydrogen-bond donors (Lipinski definition) is 1. The second-order valence-electron chi connectivity index (χ2n) is 5.36. The van der Waals surface area contributed by atoms with E-state index in [0.29, 0.717) is 17.0 Å². The van der Waals surface area contributed by atoms with Crippen molar-refractivity contribution in [2.45, 2.75) is 13.1 Å². The number of benzene rings is 2. The predicted molar refractivity (Wildman–Crippen MR) is 86.1 cm³/mol. The molecule has 0 fully saturated rings. The number of aromatic nitrogens is 1. The van der Waals surface area contributed by atoms with Crippen LogP contribution in [0, 0.1) is 6.92 Å². The average Bonchev–Trinajstić information content (AvgIpc) is 2.97. The Hall–Kier alpha value is -3.09. The lowest BCUT2D eigenvalue weighted by atomic mass is 10.1. The van der Waals surface area contributed by atoms with Gasteiger partial charge in [-0.05, 0) is 31.2 Å². The summed E-state index contributed by atoms with van der Waals surface area (Å²) in [6, 6.07) is 13.2. The van der Waals surface area contributed by atoms with Gasteiger partial charge < -0.3 is 9.84 Å². The zero-order valence-corrected chi connectivity index (χ0v) is 13.1. The standard InChI is InChI=1S/C18H13F3N2O2/c1-11-15(16(23-25-11)12-5-3-2-4-6-12)17(24)22-14-9-7-13(8-10-14)18(19,20)21/h2-10H,1H3,(H,22,24). The lowest BCUT2D eigenvalue weighted by molar-refractivity contribution is -0.137. The second kappa shape index (κ2) is 6.43. The third-order valence-electron chi connectivity index (χ3n) is 3.61. The molecule has 0 spiro atoms. The van der Waals surface area contributed by atoms with Gasteiger partial charge in [0.25, 0.3) is 5.91 Å². The number of alkyl halides is 3. The summed E-state index contributed by atoms with van der Waals surface area (Å²) in [7, 11) is 0. The number of hydrogen-bond acceptors (Lipinski definition) is 3. The molecule has 0 aliphatic rings. The molecule has 0 saturated carbocycles. The van der Waals surface area contributed by atoms with Crippen molar-refractivity contribution in [3.63, 3.8) is 0 Å². The Morgan fingerprint density at radius 3 is 2.28 bits per heavy atom. The number of rotatable bonds is 3. The summed E-state index contributed by atoms with van der Waals surface area (Å²) in [4.78, 5) is 12.5. The van der Waals surface area contributed by atoms with E-state index in [-0.39, 0.29) is 11.3 Å². The van der Waals surface area contributed by atoms with Crippen LogP contribution in [0.2, 0.25) is 0 Å². The van der Waals surface area contributed by atoms with Crippen LogP contribution in [-0.2, 0) is 6.18 Å². The van der Waals surface area contributed by atoms with Crippen LogP contribution in [0.15, 0.2) is 59.1 Å². The molecule has 0 aliphatic carbocycles. The Balaban J connectivity index is 1.86. The van der Waals surface area contributed by atoms with Gasteiger partial charge in [-0.25, -0.2) is 0 Å². The van der Waals surface area contributed by atoms with Gasteiger partial charge in [0.15, 0.2) is 0 Å². The molecule has 3 rings (SSSR count). The maximum absolute atomic E-state index is 12.6. The third-order valence-corrected chi connectivity index (χ3v) is 3.61. The number of nitrogens with zero attached hydrogens (tertiary/aromatic N) is 1. The molecule has 128 valence electrons. The number of anilines is 1. The highest BCUT2D eigenvalue weighted by atomic mass is 19.4. The van der Waals surface area contributed by atoms with Crippen LogP contribution in [-0.4, -0.2) is 11.1 Å². The molecule has 4 nitrogen and oxygen atoms in total. The molecule has 3 aromatic rings. The van der Waals surface area contributed by atoms with Gasteiger partial charge in [-0.15, -0.1) is 0 Å². The number of amides is 1. The molecule has 0 aliphatic heterocycles. The van der Waals surface area contributed by atoms with Crippen LogP contribution in [0.25, 0.3) is 11.3 Å². The van der Waals surface area contributed by atoms with Crippen LogP contribution in [0.1, 0.15) is 21.7 Å². The first-order chi connectivity index (χ1) is 11.9. The first-order valence-corrected chi connectivity index (χ1v) is 7.36. The Morgan fingerprint density at radius 2 is 1.68 bits per heavy atom. The zero-order valence-electron chi connectivity index (χ0n) is 13.1. The maximum atomic E-state index is 12.6. The van der Waals surface area contributed by atoms with E-state index in [2.05, 4.69) is 10.5 Å². The monoisotopic (exact) mass is 346 g/mol. The van der Waals surface area contributed by atoms with Crippen LogP contribution < -0.4 is 5.32 Å². The normalized spacial score (nSPS) is 11.4. The molecular weight excluding hydrogens is 333 g/mol. The van der Waals surface area contributed by atoms with Gasteiger partial charge >= 0.3 is 6.18 Å². The second-order valence-corrected chi connectivity index (χ2v) is 5.36. The molecule has 0 unspecified atom stereocenters. The van der Waals surface area contributed by atoms with E-state index >= 15 is 0 Å². The van der Waals surface area contributed by atoms with E-state index in [4.69, 9.17) is 4.52 Å². The Morgan fingerprint density at radius 1 is 1.04 bits per heavy atom. The Bertz CT molecular complexity index is 885. The van der Waals surface area contributed by atoms with E-state index in [0.717, 1.165) is 12.1 Å². The van der Waals surface area contributed by atoms with Gasteiger partial charge in [0, 0.05) is 11.3 Å². The van der Waals surface area contributed by atoms with Crippen molar-refractivity contribution in [3.8, 4) is 11.3 Å². The van der Waals surface area contributed by atoms with Gasteiger partial charge in [-0.2, -0.15) is 13.2 Å². The lowest BCUT2D eigenvalue weighted by Crippen LogP contribution is -2.14. The molecule has 0 saturated heterocycles. The fraction of sp³-hybridized carbons (Fsp3) is 0.111. The molecule has 0 bridgehead atoms. The predicted octanol–water partition coefficient (Wildman–Crippen LogP) is 4.92. The van der Waals surface area contributed by atoms with Gasteiger partial charge in [0.1, 0.15) is 17.0 Å². The first-order valence-electron chi connectivity index (χ1n) is 7.36. The van der Waals surface area contributed by atoms with E-state index in [9.17, 15) is 18.0 Å². The van der Waals surface area contributed by atoms with Crippen LogP contribution in [0.3, 0.4) is 0 Å². The minimum absolute atomic E-state index is 0.242. The van der Waals surface area contributed by atoms with Gasteiger partial charge in [-0.1, -0.05) is 35.5 Å². The molecule has 0 atom stereocenters. The van der Waals surface area contributed by atoms with Crippen LogP contribution >= 0.6 is 0 Å². The van der Waals surface area contributed by atoms with Crippen molar-refractivity contribution in [2.75, 3.05) is 5.32 Å². The van der Waals surface area contributed by atoms with Gasteiger partial charge in [0.05, 0.1) is 5.56 Å². The molecule has 7 heteroatoms.